The number of hydrogen-bond donors (Lipinski definition) is 1. The molecule has 62 valence electrons. The highest BCUT2D eigenvalue weighted by Crippen LogP contribution is 1.84. The van der Waals surface area contributed by atoms with E-state index < -0.39 is 26.6 Å². The van der Waals surface area contributed by atoms with Gasteiger partial charge in [-0.3, -0.25) is 0 Å². The maximum Gasteiger partial charge on any atom is 0.211 e. The monoisotopic (exact) mass is 186 g/mol. The summed E-state index contributed by atoms with van der Waals surface area (Å²) < 4.78 is 37.9. The minimum atomic E-state index is -2.34. The average Bonchev–Trinajstić information content (AvgIpc) is 1.63. The third-order valence-corrected chi connectivity index (χ3v) is 2.20. The van der Waals surface area contributed by atoms with Crippen LogP contribution in [0.1, 0.15) is 14.4 Å². The van der Waals surface area contributed by atoms with E-state index in [1.54, 1.807) is 0 Å². The average molecular weight is 186 g/mol. The third-order valence-electron chi connectivity index (χ3n) is 0.621. The quantitative estimate of drug-likeness (QED) is 0.483. The number of hydrogen-bond acceptors (Lipinski definition) is 3. The number of rotatable bonds is 2. The van der Waals surface area contributed by atoms with Crippen LogP contribution in [0.25, 0.3) is 0 Å². The molecule has 0 aromatic carbocycles. The van der Waals surface area contributed by atoms with Crippen LogP contribution >= 0.6 is 0 Å². The first-order valence-corrected chi connectivity index (χ1v) is 4.37. The van der Waals surface area contributed by atoms with E-state index in [4.69, 9.17) is 4.55 Å². The molecule has 1 N–H and O–H groups in total. The van der Waals surface area contributed by atoms with Gasteiger partial charge in [0.1, 0.15) is 0 Å². The molecule has 0 aliphatic carbocycles. The van der Waals surface area contributed by atoms with E-state index in [9.17, 15) is 12.6 Å². The molecule has 4 nitrogen and oxygen atoms in total. The maximum atomic E-state index is 10.0. The van der Waals surface area contributed by atoms with Gasteiger partial charge in [-0.25, -0.2) is 4.21 Å². The Kier molecular flexibility index (Phi) is 6.95. The van der Waals surface area contributed by atoms with Crippen LogP contribution in [0.5, 0.6) is 0 Å². The fourth-order valence-electron chi connectivity index (χ4n) is 0.204. The van der Waals surface area contributed by atoms with Gasteiger partial charge in [-0.05, 0) is 6.92 Å². The van der Waals surface area contributed by atoms with Gasteiger partial charge in [0, 0.05) is 0 Å². The normalized spacial score (nSPS) is 14.6. The van der Waals surface area contributed by atoms with Gasteiger partial charge in [0.05, 0.1) is 10.6 Å². The molecule has 0 spiro atoms. The minimum Gasteiger partial charge on any atom is -0.306 e. The molecule has 0 aliphatic heterocycles. The Morgan fingerprint density at radius 3 is 1.90 bits per heavy atom. The Morgan fingerprint density at radius 2 is 1.80 bits per heavy atom. The second kappa shape index (κ2) is 5.57. The van der Waals surface area contributed by atoms with E-state index in [0.717, 1.165) is 5.37 Å². The molecule has 0 amide bonds. The van der Waals surface area contributed by atoms with E-state index in [2.05, 4.69) is 0 Å². The molecular formula is C4H10O4S2. The minimum absolute atomic E-state index is 0. The summed E-state index contributed by atoms with van der Waals surface area (Å²) in [7, 11) is -2.34. The van der Waals surface area contributed by atoms with Crippen LogP contribution in [0.3, 0.4) is 0 Å². The van der Waals surface area contributed by atoms with Crippen LogP contribution in [0.15, 0.2) is 0 Å². The first-order valence-electron chi connectivity index (χ1n) is 2.06. The lowest BCUT2D eigenvalue weighted by molar-refractivity contribution is 0.561. The summed E-state index contributed by atoms with van der Waals surface area (Å²) in [5, 5.41) is -0.0424. The first-order chi connectivity index (χ1) is 4.04. The Labute approximate surface area is 64.1 Å². The van der Waals surface area contributed by atoms with Crippen LogP contribution in [-0.4, -0.2) is 27.8 Å². The molecule has 0 saturated carbocycles. The molecule has 0 aromatic heterocycles. The summed E-state index contributed by atoms with van der Waals surface area (Å²) in [5.74, 6) is 0. The summed E-state index contributed by atoms with van der Waals surface area (Å²) in [6, 6.07) is 0. The fraction of sp³-hybridized carbons (Fsp3) is 0.750. The SMILES string of the molecule is C.CC(C=S(=O)=O)S(=O)O. The second-order valence-electron chi connectivity index (χ2n) is 1.38. The van der Waals surface area contributed by atoms with Crippen molar-refractivity contribution in [2.45, 2.75) is 19.6 Å². The lowest BCUT2D eigenvalue weighted by Gasteiger charge is -1.91. The lowest BCUT2D eigenvalue weighted by Crippen LogP contribution is -2.10. The highest BCUT2D eigenvalue weighted by molar-refractivity contribution is 7.82. The van der Waals surface area contributed by atoms with Gasteiger partial charge in [-0.1, -0.05) is 7.43 Å². The molecule has 0 radical (unpaired) electrons. The largest absolute Gasteiger partial charge is 0.306 e. The van der Waals surface area contributed by atoms with Crippen molar-refractivity contribution in [3.8, 4) is 0 Å². The summed E-state index contributed by atoms with van der Waals surface area (Å²) in [6.45, 7) is 1.34. The molecule has 0 bridgehead atoms. The highest BCUT2D eigenvalue weighted by Gasteiger charge is 2.03. The Balaban J connectivity index is 0. The molecule has 2 unspecified atom stereocenters. The van der Waals surface area contributed by atoms with Crippen molar-refractivity contribution in [1.29, 1.82) is 0 Å². The van der Waals surface area contributed by atoms with Gasteiger partial charge in [-0.15, -0.1) is 0 Å². The molecular weight excluding hydrogens is 176 g/mol. The molecule has 10 heavy (non-hydrogen) atoms. The van der Waals surface area contributed by atoms with E-state index in [1.807, 2.05) is 0 Å². The van der Waals surface area contributed by atoms with E-state index in [0.29, 0.717) is 0 Å². The Bertz CT molecular complexity index is 220. The van der Waals surface area contributed by atoms with Crippen LogP contribution in [0, 0.1) is 0 Å². The Morgan fingerprint density at radius 1 is 1.40 bits per heavy atom. The zero-order valence-electron chi connectivity index (χ0n) is 4.64. The fourth-order valence-corrected chi connectivity index (χ4v) is 1.17. The molecule has 0 fully saturated rings. The van der Waals surface area contributed by atoms with Crippen molar-refractivity contribution in [2.24, 2.45) is 0 Å². The zero-order chi connectivity index (χ0) is 7.44. The zero-order valence-corrected chi connectivity index (χ0v) is 6.28. The van der Waals surface area contributed by atoms with Crippen molar-refractivity contribution >= 4 is 26.7 Å². The maximum absolute atomic E-state index is 10.0. The van der Waals surface area contributed by atoms with Gasteiger partial charge >= 0.3 is 0 Å². The van der Waals surface area contributed by atoms with Gasteiger partial charge in [0.15, 0.2) is 11.1 Å². The summed E-state index contributed by atoms with van der Waals surface area (Å²) in [5.41, 5.74) is 0. The predicted molar refractivity (Wildman–Crippen MR) is 41.9 cm³/mol. The van der Waals surface area contributed by atoms with E-state index >= 15 is 0 Å². The lowest BCUT2D eigenvalue weighted by atomic mass is 10.6. The summed E-state index contributed by atoms with van der Waals surface area (Å²) >= 11 is -2.08. The standard InChI is InChI=1S/C3H6O4S2.CH4/c1-3(9(6)7)2-8(4)5;/h2-3H,1H3,(H,6,7);1H4. The van der Waals surface area contributed by atoms with Gasteiger partial charge in [0.25, 0.3) is 0 Å². The van der Waals surface area contributed by atoms with Crippen LogP contribution < -0.4 is 0 Å². The van der Waals surface area contributed by atoms with Crippen molar-refractivity contribution in [3.63, 3.8) is 0 Å². The third kappa shape index (κ3) is 5.93. The molecule has 0 aliphatic rings. The van der Waals surface area contributed by atoms with Gasteiger partial charge in [0.2, 0.25) is 10.3 Å². The van der Waals surface area contributed by atoms with E-state index in [1.165, 1.54) is 6.92 Å². The molecule has 2 atom stereocenters. The molecule has 0 heterocycles. The van der Waals surface area contributed by atoms with Crippen LogP contribution in [0.4, 0.5) is 0 Å². The van der Waals surface area contributed by atoms with Crippen molar-refractivity contribution in [1.82, 2.24) is 0 Å². The van der Waals surface area contributed by atoms with Gasteiger partial charge < -0.3 is 4.55 Å². The van der Waals surface area contributed by atoms with Crippen LogP contribution in [-0.2, 0) is 21.4 Å². The predicted octanol–water partition coefficient (Wildman–Crippen LogP) is -0.0860. The topological polar surface area (TPSA) is 71.4 Å². The smallest absolute Gasteiger partial charge is 0.211 e. The highest BCUT2D eigenvalue weighted by atomic mass is 32.2. The molecule has 0 aromatic rings. The van der Waals surface area contributed by atoms with Gasteiger partial charge in [-0.2, -0.15) is 8.42 Å². The van der Waals surface area contributed by atoms with Crippen LogP contribution in [0.2, 0.25) is 0 Å². The van der Waals surface area contributed by atoms with Crippen molar-refractivity contribution in [2.75, 3.05) is 0 Å². The molecule has 0 saturated heterocycles. The summed E-state index contributed by atoms with van der Waals surface area (Å²) in [6.07, 6.45) is 0. The second-order valence-corrected chi connectivity index (χ2v) is 3.47. The van der Waals surface area contributed by atoms with Crippen molar-refractivity contribution < 1.29 is 17.2 Å². The molecule has 6 heteroatoms. The van der Waals surface area contributed by atoms with E-state index in [-0.39, 0.29) is 7.43 Å². The first kappa shape index (κ1) is 12.5. The van der Waals surface area contributed by atoms with Crippen molar-refractivity contribution in [3.05, 3.63) is 0 Å². The molecule has 0 rings (SSSR count). The Hall–Kier alpha value is -0.200. The summed E-state index contributed by atoms with van der Waals surface area (Å²) in [4.78, 5) is 0.